The number of hydrogen-bond donors (Lipinski definition) is 1. The van der Waals surface area contributed by atoms with Crippen LogP contribution in [0.1, 0.15) is 36.4 Å². The van der Waals surface area contributed by atoms with E-state index in [1.54, 1.807) is 7.11 Å². The van der Waals surface area contributed by atoms with E-state index < -0.39 is 0 Å². The molecule has 3 unspecified atom stereocenters. The Labute approximate surface area is 131 Å². The summed E-state index contributed by atoms with van der Waals surface area (Å²) in [5.74, 6) is 1.44. The lowest BCUT2D eigenvalue weighted by molar-refractivity contribution is -0.123. The number of benzene rings is 2. The Hall–Kier alpha value is -2.29. The summed E-state index contributed by atoms with van der Waals surface area (Å²) in [5.41, 5.74) is 2.35. The third-order valence-corrected chi connectivity index (χ3v) is 4.33. The standard InChI is InChI=1S/C19H21NO2/c1-13(14-6-4-3-5-7-14)20-19(21)18-12-17(18)15-8-10-16(22-2)11-9-15/h3-11,13,17-18H,12H2,1-2H3,(H,20,21). The van der Waals surface area contributed by atoms with Gasteiger partial charge in [0.15, 0.2) is 0 Å². The minimum atomic E-state index is 0.0471. The molecule has 114 valence electrons. The molecule has 1 amide bonds. The van der Waals surface area contributed by atoms with Gasteiger partial charge in [-0.15, -0.1) is 0 Å². The van der Waals surface area contributed by atoms with Crippen molar-refractivity contribution in [1.82, 2.24) is 5.32 Å². The van der Waals surface area contributed by atoms with Gasteiger partial charge in [0.25, 0.3) is 0 Å². The summed E-state index contributed by atoms with van der Waals surface area (Å²) in [6, 6.07) is 18.1. The van der Waals surface area contributed by atoms with Crippen molar-refractivity contribution in [2.24, 2.45) is 5.92 Å². The van der Waals surface area contributed by atoms with Crippen molar-refractivity contribution in [2.45, 2.75) is 25.3 Å². The van der Waals surface area contributed by atoms with Gasteiger partial charge in [-0.2, -0.15) is 0 Å². The van der Waals surface area contributed by atoms with Crippen molar-refractivity contribution >= 4 is 5.91 Å². The quantitative estimate of drug-likeness (QED) is 0.914. The first kappa shape index (κ1) is 14.6. The maximum Gasteiger partial charge on any atom is 0.224 e. The van der Waals surface area contributed by atoms with Crippen LogP contribution in [0, 0.1) is 5.92 Å². The molecule has 0 saturated heterocycles. The first-order valence-electron chi connectivity index (χ1n) is 7.68. The minimum absolute atomic E-state index is 0.0471. The van der Waals surface area contributed by atoms with Gasteiger partial charge in [-0.05, 0) is 42.5 Å². The van der Waals surface area contributed by atoms with Gasteiger partial charge in [0.2, 0.25) is 5.91 Å². The molecule has 0 heterocycles. The molecule has 3 atom stereocenters. The predicted octanol–water partition coefficient (Wildman–Crippen LogP) is 3.68. The largest absolute Gasteiger partial charge is 0.497 e. The lowest BCUT2D eigenvalue weighted by Crippen LogP contribution is -2.28. The van der Waals surface area contributed by atoms with E-state index in [1.165, 1.54) is 5.56 Å². The highest BCUT2D eigenvalue weighted by molar-refractivity contribution is 5.83. The van der Waals surface area contributed by atoms with E-state index in [1.807, 2.05) is 49.4 Å². The van der Waals surface area contributed by atoms with E-state index in [9.17, 15) is 4.79 Å². The van der Waals surface area contributed by atoms with Crippen molar-refractivity contribution in [3.05, 3.63) is 65.7 Å². The number of methoxy groups -OCH3 is 1. The molecule has 3 rings (SSSR count). The second-order valence-corrected chi connectivity index (χ2v) is 5.86. The Kier molecular flexibility index (Phi) is 4.14. The van der Waals surface area contributed by atoms with E-state index >= 15 is 0 Å². The maximum absolute atomic E-state index is 12.4. The first-order chi connectivity index (χ1) is 10.7. The highest BCUT2D eigenvalue weighted by atomic mass is 16.5. The Balaban J connectivity index is 1.58. The molecule has 0 spiro atoms. The second kappa shape index (κ2) is 6.22. The van der Waals surface area contributed by atoms with Gasteiger partial charge in [0.1, 0.15) is 5.75 Å². The molecule has 3 heteroatoms. The number of amides is 1. The Bertz CT molecular complexity index is 636. The van der Waals surface area contributed by atoms with Gasteiger partial charge in [-0.25, -0.2) is 0 Å². The number of carbonyl (C=O) groups is 1. The third-order valence-electron chi connectivity index (χ3n) is 4.33. The van der Waals surface area contributed by atoms with Crippen molar-refractivity contribution in [3.63, 3.8) is 0 Å². The molecule has 1 N–H and O–H groups in total. The fraction of sp³-hybridized carbons (Fsp3) is 0.316. The zero-order valence-corrected chi connectivity index (χ0v) is 13.0. The van der Waals surface area contributed by atoms with Crippen LogP contribution in [0.2, 0.25) is 0 Å². The van der Waals surface area contributed by atoms with Gasteiger partial charge in [-0.3, -0.25) is 4.79 Å². The predicted molar refractivity (Wildman–Crippen MR) is 86.8 cm³/mol. The number of nitrogens with one attached hydrogen (secondary N) is 1. The van der Waals surface area contributed by atoms with Gasteiger partial charge in [0, 0.05) is 5.92 Å². The first-order valence-corrected chi connectivity index (χ1v) is 7.68. The molecule has 0 radical (unpaired) electrons. The lowest BCUT2D eigenvalue weighted by Gasteiger charge is -2.14. The molecule has 3 nitrogen and oxygen atoms in total. The van der Waals surface area contributed by atoms with Gasteiger partial charge in [0.05, 0.1) is 13.2 Å². The molecule has 0 aromatic heterocycles. The van der Waals surface area contributed by atoms with Crippen molar-refractivity contribution in [3.8, 4) is 5.75 Å². The monoisotopic (exact) mass is 295 g/mol. The Morgan fingerprint density at radius 3 is 2.45 bits per heavy atom. The fourth-order valence-corrected chi connectivity index (χ4v) is 2.85. The van der Waals surface area contributed by atoms with E-state index in [4.69, 9.17) is 4.74 Å². The summed E-state index contributed by atoms with van der Waals surface area (Å²) >= 11 is 0. The van der Waals surface area contributed by atoms with E-state index in [2.05, 4.69) is 17.4 Å². The number of hydrogen-bond acceptors (Lipinski definition) is 2. The Morgan fingerprint density at radius 1 is 1.14 bits per heavy atom. The lowest BCUT2D eigenvalue weighted by atomic mass is 10.1. The highest BCUT2D eigenvalue weighted by Gasteiger charge is 2.44. The topological polar surface area (TPSA) is 38.3 Å². The number of ether oxygens (including phenoxy) is 1. The van der Waals surface area contributed by atoms with Crippen LogP contribution in [-0.2, 0) is 4.79 Å². The average Bonchev–Trinajstić information content (AvgIpc) is 3.36. The highest BCUT2D eigenvalue weighted by Crippen LogP contribution is 2.48. The molecule has 0 aliphatic heterocycles. The van der Waals surface area contributed by atoms with Gasteiger partial charge < -0.3 is 10.1 Å². The third kappa shape index (κ3) is 3.14. The fourth-order valence-electron chi connectivity index (χ4n) is 2.85. The van der Waals surface area contributed by atoms with Crippen molar-refractivity contribution in [1.29, 1.82) is 0 Å². The molecular formula is C19H21NO2. The molecular weight excluding hydrogens is 274 g/mol. The summed E-state index contributed by atoms with van der Waals surface area (Å²) in [7, 11) is 1.66. The van der Waals surface area contributed by atoms with Crippen LogP contribution in [0.25, 0.3) is 0 Å². The number of rotatable bonds is 5. The zero-order chi connectivity index (χ0) is 15.5. The zero-order valence-electron chi connectivity index (χ0n) is 13.0. The summed E-state index contributed by atoms with van der Waals surface area (Å²) in [5, 5.41) is 3.12. The van der Waals surface area contributed by atoms with E-state index in [0.717, 1.165) is 17.7 Å². The SMILES string of the molecule is COc1ccc(C2CC2C(=O)NC(C)c2ccccc2)cc1. The summed E-state index contributed by atoms with van der Waals surface area (Å²) in [6.45, 7) is 2.03. The van der Waals surface area contributed by atoms with Crippen LogP contribution in [0.3, 0.4) is 0 Å². The molecule has 1 fully saturated rings. The summed E-state index contributed by atoms with van der Waals surface area (Å²) < 4.78 is 5.17. The molecule has 2 aromatic carbocycles. The molecule has 1 aliphatic carbocycles. The van der Waals surface area contributed by atoms with Crippen LogP contribution >= 0.6 is 0 Å². The van der Waals surface area contributed by atoms with Crippen LogP contribution in [0.5, 0.6) is 5.75 Å². The smallest absolute Gasteiger partial charge is 0.224 e. The molecule has 1 aliphatic rings. The van der Waals surface area contributed by atoms with Gasteiger partial charge in [-0.1, -0.05) is 42.5 Å². The Morgan fingerprint density at radius 2 is 1.82 bits per heavy atom. The van der Waals surface area contributed by atoms with E-state index in [0.29, 0.717) is 5.92 Å². The van der Waals surface area contributed by atoms with Crippen LogP contribution in [-0.4, -0.2) is 13.0 Å². The van der Waals surface area contributed by atoms with Gasteiger partial charge >= 0.3 is 0 Å². The van der Waals surface area contributed by atoms with E-state index in [-0.39, 0.29) is 17.9 Å². The summed E-state index contributed by atoms with van der Waals surface area (Å²) in [6.07, 6.45) is 0.930. The maximum atomic E-state index is 12.4. The van der Waals surface area contributed by atoms with Crippen molar-refractivity contribution < 1.29 is 9.53 Å². The average molecular weight is 295 g/mol. The molecule has 2 aromatic rings. The van der Waals surface area contributed by atoms with Crippen LogP contribution in [0.4, 0.5) is 0 Å². The van der Waals surface area contributed by atoms with Crippen LogP contribution in [0.15, 0.2) is 54.6 Å². The molecule has 1 saturated carbocycles. The van der Waals surface area contributed by atoms with Crippen LogP contribution < -0.4 is 10.1 Å². The van der Waals surface area contributed by atoms with Crippen molar-refractivity contribution in [2.75, 3.05) is 7.11 Å². The second-order valence-electron chi connectivity index (χ2n) is 5.86. The minimum Gasteiger partial charge on any atom is -0.497 e. The molecule has 0 bridgehead atoms. The normalized spacial score (nSPS) is 21.0. The number of carbonyl (C=O) groups excluding carboxylic acids is 1. The molecule has 22 heavy (non-hydrogen) atoms. The summed E-state index contributed by atoms with van der Waals surface area (Å²) in [4.78, 5) is 12.4.